The minimum absolute atomic E-state index is 0.593. The molecule has 0 aliphatic carbocycles. The van der Waals surface area contributed by atoms with Crippen molar-refractivity contribution in [1.29, 1.82) is 0 Å². The number of fused-ring (bicyclic) bond motifs is 1. The first-order valence-corrected chi connectivity index (χ1v) is 10.8. The maximum absolute atomic E-state index is 11.5. The lowest BCUT2D eigenvalue weighted by atomic mass is 10.0. The van der Waals surface area contributed by atoms with Gasteiger partial charge in [-0.25, -0.2) is 4.98 Å². The Morgan fingerprint density at radius 2 is 1.70 bits per heavy atom. The molecule has 0 fully saturated rings. The van der Waals surface area contributed by atoms with Crippen LogP contribution < -0.4 is 9.46 Å². The zero-order chi connectivity index (χ0) is 20.8. The highest BCUT2D eigenvalue weighted by atomic mass is 32.2. The molecule has 6 heteroatoms. The van der Waals surface area contributed by atoms with Crippen LogP contribution in [0.1, 0.15) is 10.4 Å². The Bertz CT molecular complexity index is 1150. The van der Waals surface area contributed by atoms with Gasteiger partial charge in [-0.15, -0.1) is 0 Å². The minimum atomic E-state index is 0.593. The Balaban J connectivity index is 1.53. The lowest BCUT2D eigenvalue weighted by Crippen LogP contribution is -2.13. The van der Waals surface area contributed by atoms with E-state index in [1.54, 1.807) is 24.3 Å². The van der Waals surface area contributed by atoms with Crippen molar-refractivity contribution in [2.45, 2.75) is 0 Å². The van der Waals surface area contributed by atoms with Crippen LogP contribution in [0, 0.1) is 0 Å². The lowest BCUT2D eigenvalue weighted by molar-refractivity contribution is 0.112. The monoisotopic (exact) mass is 415 g/mol. The molecule has 4 rings (SSSR count). The third kappa shape index (κ3) is 4.50. The highest BCUT2D eigenvalue weighted by Gasteiger charge is 2.08. The number of nitrogens with zero attached hydrogens (tertiary/aromatic N) is 2. The minimum Gasteiger partial charge on any atom is -0.492 e. The van der Waals surface area contributed by atoms with Gasteiger partial charge in [-0.3, -0.25) is 14.5 Å². The number of hydrogen-bond acceptors (Lipinski definition) is 6. The molecule has 2 heterocycles. The van der Waals surface area contributed by atoms with E-state index in [1.807, 2.05) is 42.7 Å². The highest BCUT2D eigenvalue weighted by molar-refractivity contribution is 7.96. The molecule has 2 aromatic heterocycles. The summed E-state index contributed by atoms with van der Waals surface area (Å²) in [4.78, 5) is 20.3. The van der Waals surface area contributed by atoms with E-state index >= 15 is 0 Å². The number of ether oxygens (including phenoxy) is 1. The number of aromatic nitrogens is 2. The van der Waals surface area contributed by atoms with Gasteiger partial charge in [-0.2, -0.15) is 0 Å². The first-order valence-electron chi connectivity index (χ1n) is 9.58. The molecular formula is C24H21N3O2S. The van der Waals surface area contributed by atoms with Gasteiger partial charge < -0.3 is 4.74 Å². The fourth-order valence-corrected chi connectivity index (χ4v) is 3.52. The summed E-state index contributed by atoms with van der Waals surface area (Å²) < 4.78 is 8.87. The molecular weight excluding hydrogens is 394 g/mol. The van der Waals surface area contributed by atoms with E-state index in [9.17, 15) is 4.79 Å². The molecule has 30 heavy (non-hydrogen) atoms. The Morgan fingerprint density at radius 1 is 1.00 bits per heavy atom. The smallest absolute Gasteiger partial charge is 0.150 e. The second-order valence-corrected chi connectivity index (χ2v) is 7.35. The van der Waals surface area contributed by atoms with Crippen LogP contribution in [-0.4, -0.2) is 35.7 Å². The Labute approximate surface area is 179 Å². The number of carbonyl (C=O) groups is 1. The van der Waals surface area contributed by atoms with E-state index in [4.69, 9.17) is 4.74 Å². The zero-order valence-electron chi connectivity index (χ0n) is 16.5. The molecule has 0 unspecified atom stereocenters. The predicted octanol–water partition coefficient (Wildman–Crippen LogP) is 5.02. The summed E-state index contributed by atoms with van der Waals surface area (Å²) in [5.41, 5.74) is 5.30. The van der Waals surface area contributed by atoms with Gasteiger partial charge in [0.1, 0.15) is 12.4 Å². The summed E-state index contributed by atoms with van der Waals surface area (Å²) in [6, 6.07) is 19.9. The molecule has 4 aromatic rings. The number of rotatable bonds is 8. The van der Waals surface area contributed by atoms with Gasteiger partial charge in [0.2, 0.25) is 0 Å². The second-order valence-electron chi connectivity index (χ2n) is 6.66. The Hall–Kier alpha value is -3.22. The number of benzene rings is 2. The number of aldehydes is 1. The van der Waals surface area contributed by atoms with Gasteiger partial charge in [0, 0.05) is 35.5 Å². The fourth-order valence-electron chi connectivity index (χ4n) is 3.23. The van der Waals surface area contributed by atoms with Crippen molar-refractivity contribution < 1.29 is 9.53 Å². The first-order chi connectivity index (χ1) is 14.8. The summed E-state index contributed by atoms with van der Waals surface area (Å²) >= 11 is 1.58. The van der Waals surface area contributed by atoms with Gasteiger partial charge >= 0.3 is 0 Å². The number of nitrogens with one attached hydrogen (secondary N) is 1. The second kappa shape index (κ2) is 9.52. The van der Waals surface area contributed by atoms with Gasteiger partial charge in [0.15, 0.2) is 6.29 Å². The normalized spacial score (nSPS) is 10.8. The molecule has 0 amide bonds. The SMILES string of the molecule is CSNCCOc1ccc(-c2ccc(-c3cc(C=O)c4cnccc4n3)cc2)cc1. The van der Waals surface area contributed by atoms with Gasteiger partial charge in [-0.05, 0) is 41.6 Å². The molecule has 0 radical (unpaired) electrons. The standard InChI is InChI=1S/C24H21N3O2S/c1-30-26-12-13-29-21-8-6-18(7-9-21)17-2-4-19(5-3-17)24-14-20(16-28)22-15-25-11-10-23(22)27-24/h2-11,14-16,26H,12-13H2,1H3. The molecule has 0 aliphatic rings. The van der Waals surface area contributed by atoms with Gasteiger partial charge in [0.25, 0.3) is 0 Å². The molecule has 0 atom stereocenters. The van der Waals surface area contributed by atoms with E-state index in [0.717, 1.165) is 51.9 Å². The summed E-state index contributed by atoms with van der Waals surface area (Å²) in [7, 11) is 0. The van der Waals surface area contributed by atoms with Gasteiger partial charge in [-0.1, -0.05) is 48.3 Å². The number of hydrogen-bond donors (Lipinski definition) is 1. The summed E-state index contributed by atoms with van der Waals surface area (Å²) in [6.45, 7) is 1.43. The molecule has 0 saturated heterocycles. The molecule has 0 spiro atoms. The van der Waals surface area contributed by atoms with E-state index in [-0.39, 0.29) is 0 Å². The van der Waals surface area contributed by atoms with Crippen LogP contribution in [-0.2, 0) is 0 Å². The van der Waals surface area contributed by atoms with Crippen molar-refractivity contribution >= 4 is 29.1 Å². The van der Waals surface area contributed by atoms with Crippen LogP contribution in [0.25, 0.3) is 33.3 Å². The molecule has 2 aromatic carbocycles. The summed E-state index contributed by atoms with van der Waals surface area (Å²) in [5, 5.41) is 0.763. The summed E-state index contributed by atoms with van der Waals surface area (Å²) in [6.07, 6.45) is 6.20. The fraction of sp³-hybridized carbons (Fsp3) is 0.125. The highest BCUT2D eigenvalue weighted by Crippen LogP contribution is 2.27. The molecule has 0 aliphatic heterocycles. The maximum atomic E-state index is 11.5. The lowest BCUT2D eigenvalue weighted by Gasteiger charge is -2.09. The molecule has 0 bridgehead atoms. The first kappa shape index (κ1) is 20.1. The topological polar surface area (TPSA) is 64.1 Å². The van der Waals surface area contributed by atoms with E-state index < -0.39 is 0 Å². The van der Waals surface area contributed by atoms with Crippen molar-refractivity contribution in [3.63, 3.8) is 0 Å². The van der Waals surface area contributed by atoms with Gasteiger partial charge in [0.05, 0.1) is 11.2 Å². The van der Waals surface area contributed by atoms with Crippen LogP contribution in [0.4, 0.5) is 0 Å². The number of pyridine rings is 2. The average molecular weight is 416 g/mol. The average Bonchev–Trinajstić information content (AvgIpc) is 2.81. The molecule has 5 nitrogen and oxygen atoms in total. The van der Waals surface area contributed by atoms with Crippen molar-refractivity contribution in [1.82, 2.24) is 14.7 Å². The van der Waals surface area contributed by atoms with E-state index in [2.05, 4.69) is 39.0 Å². The van der Waals surface area contributed by atoms with Crippen LogP contribution in [0.2, 0.25) is 0 Å². The van der Waals surface area contributed by atoms with Crippen LogP contribution in [0.5, 0.6) is 5.75 Å². The predicted molar refractivity (Wildman–Crippen MR) is 123 cm³/mol. The number of carbonyl (C=O) groups excluding carboxylic acids is 1. The van der Waals surface area contributed by atoms with Crippen LogP contribution in [0.15, 0.2) is 73.1 Å². The van der Waals surface area contributed by atoms with E-state index in [1.165, 1.54) is 0 Å². The largest absolute Gasteiger partial charge is 0.492 e. The molecule has 0 saturated carbocycles. The zero-order valence-corrected chi connectivity index (χ0v) is 17.4. The maximum Gasteiger partial charge on any atom is 0.150 e. The third-order valence-electron chi connectivity index (χ3n) is 4.75. The third-order valence-corrected chi connectivity index (χ3v) is 5.25. The summed E-state index contributed by atoms with van der Waals surface area (Å²) in [5.74, 6) is 0.856. The van der Waals surface area contributed by atoms with Crippen molar-refractivity contribution in [2.75, 3.05) is 19.4 Å². The molecule has 1 N–H and O–H groups in total. The Morgan fingerprint density at radius 3 is 2.40 bits per heavy atom. The Kier molecular flexibility index (Phi) is 6.37. The van der Waals surface area contributed by atoms with E-state index in [0.29, 0.717) is 12.2 Å². The van der Waals surface area contributed by atoms with Crippen LogP contribution >= 0.6 is 11.9 Å². The van der Waals surface area contributed by atoms with Crippen molar-refractivity contribution in [3.8, 4) is 28.1 Å². The molecule has 150 valence electrons. The van der Waals surface area contributed by atoms with Crippen molar-refractivity contribution in [3.05, 3.63) is 78.6 Å². The van der Waals surface area contributed by atoms with Crippen molar-refractivity contribution in [2.24, 2.45) is 0 Å². The van der Waals surface area contributed by atoms with Crippen LogP contribution in [0.3, 0.4) is 0 Å². The quantitative estimate of drug-likeness (QED) is 0.248.